The average Bonchev–Trinajstić information content (AvgIpc) is 3.09. The van der Waals surface area contributed by atoms with Gasteiger partial charge in [0, 0.05) is 22.5 Å². The predicted molar refractivity (Wildman–Crippen MR) is 85.1 cm³/mol. The number of carbonyl (C=O) groups is 1. The highest BCUT2D eigenvalue weighted by Crippen LogP contribution is 2.37. The van der Waals surface area contributed by atoms with Crippen molar-refractivity contribution in [3.05, 3.63) is 27.8 Å². The lowest BCUT2D eigenvalue weighted by Crippen LogP contribution is -2.38. The molecule has 1 aliphatic heterocycles. The normalized spacial score (nSPS) is 23.4. The number of benzene rings is 1. The fourth-order valence-corrected chi connectivity index (χ4v) is 3.16. The largest absolute Gasteiger partial charge is 0.484 e. The molecule has 0 unspecified atom stereocenters. The molecule has 1 saturated carbocycles. The number of nitrogens with one attached hydrogen (secondary N) is 1. The summed E-state index contributed by atoms with van der Waals surface area (Å²) >= 11 is 2.23. The van der Waals surface area contributed by atoms with Gasteiger partial charge >= 0.3 is 0 Å². The molecule has 1 heterocycles. The van der Waals surface area contributed by atoms with E-state index in [0.29, 0.717) is 19.0 Å². The number of hydrogen-bond donors (Lipinski definition) is 1. The summed E-state index contributed by atoms with van der Waals surface area (Å²) in [6.07, 6.45) is 2.45. The maximum absolute atomic E-state index is 11.9. The second-order valence-corrected chi connectivity index (χ2v) is 6.60. The Labute approximate surface area is 137 Å². The van der Waals surface area contributed by atoms with Crippen LogP contribution in [0.15, 0.2) is 24.3 Å². The molecule has 1 amide bonds. The van der Waals surface area contributed by atoms with Crippen LogP contribution in [0.25, 0.3) is 0 Å². The third-order valence-corrected chi connectivity index (χ3v) is 4.51. The lowest BCUT2D eigenvalue weighted by molar-refractivity contribution is -0.151. The molecule has 1 aromatic carbocycles. The van der Waals surface area contributed by atoms with Crippen LogP contribution >= 0.6 is 22.6 Å². The summed E-state index contributed by atoms with van der Waals surface area (Å²) in [6.45, 7) is 1.33. The SMILES string of the molecule is O=C(COc1ccc(I)cc1)N[C@H]1CCC2(C1)OCCO2. The van der Waals surface area contributed by atoms with E-state index in [9.17, 15) is 4.79 Å². The lowest BCUT2D eigenvalue weighted by Gasteiger charge is -2.21. The number of rotatable bonds is 4. The monoisotopic (exact) mass is 403 g/mol. The van der Waals surface area contributed by atoms with Crippen LogP contribution in [0.1, 0.15) is 19.3 Å². The van der Waals surface area contributed by atoms with Crippen LogP contribution in [0, 0.1) is 3.57 Å². The first-order chi connectivity index (χ1) is 10.2. The van der Waals surface area contributed by atoms with Crippen molar-refractivity contribution >= 4 is 28.5 Å². The van der Waals surface area contributed by atoms with Gasteiger partial charge in [0.25, 0.3) is 5.91 Å². The van der Waals surface area contributed by atoms with Crippen molar-refractivity contribution in [1.29, 1.82) is 0 Å². The fraction of sp³-hybridized carbons (Fsp3) is 0.533. The Balaban J connectivity index is 1.43. The van der Waals surface area contributed by atoms with E-state index >= 15 is 0 Å². The Morgan fingerprint density at radius 1 is 1.33 bits per heavy atom. The van der Waals surface area contributed by atoms with Gasteiger partial charge in [-0.2, -0.15) is 0 Å². The molecule has 0 bridgehead atoms. The van der Waals surface area contributed by atoms with E-state index in [4.69, 9.17) is 14.2 Å². The van der Waals surface area contributed by atoms with Gasteiger partial charge in [-0.15, -0.1) is 0 Å². The van der Waals surface area contributed by atoms with Crippen molar-refractivity contribution in [1.82, 2.24) is 5.32 Å². The maximum atomic E-state index is 11.9. The van der Waals surface area contributed by atoms with E-state index in [2.05, 4.69) is 27.9 Å². The van der Waals surface area contributed by atoms with Crippen LogP contribution in [0.5, 0.6) is 5.75 Å². The number of halogens is 1. The molecule has 5 nitrogen and oxygen atoms in total. The maximum Gasteiger partial charge on any atom is 0.258 e. The number of hydrogen-bond acceptors (Lipinski definition) is 4. The standard InChI is InChI=1S/C15H18INO4/c16-11-1-3-13(4-2-11)19-10-14(18)17-12-5-6-15(9-12)20-7-8-21-15/h1-4,12H,5-10H2,(H,17,18)/t12-/m0/s1. The van der Waals surface area contributed by atoms with Crippen molar-refractivity contribution in [2.75, 3.05) is 19.8 Å². The molecular weight excluding hydrogens is 385 g/mol. The molecule has 21 heavy (non-hydrogen) atoms. The Morgan fingerprint density at radius 3 is 2.76 bits per heavy atom. The molecule has 1 saturated heterocycles. The molecule has 0 aromatic heterocycles. The van der Waals surface area contributed by atoms with Crippen molar-refractivity contribution in [2.24, 2.45) is 0 Å². The van der Waals surface area contributed by atoms with Crippen LogP contribution in [0.3, 0.4) is 0 Å². The van der Waals surface area contributed by atoms with Crippen molar-refractivity contribution in [3.63, 3.8) is 0 Å². The average molecular weight is 403 g/mol. The van der Waals surface area contributed by atoms with Gasteiger partial charge in [-0.25, -0.2) is 0 Å². The van der Waals surface area contributed by atoms with E-state index in [0.717, 1.165) is 22.8 Å². The Morgan fingerprint density at radius 2 is 2.05 bits per heavy atom. The number of ether oxygens (including phenoxy) is 3. The highest BCUT2D eigenvalue weighted by atomic mass is 127. The first kappa shape index (κ1) is 15.1. The Hall–Kier alpha value is -0.860. The molecule has 1 atom stereocenters. The third kappa shape index (κ3) is 3.87. The topological polar surface area (TPSA) is 56.8 Å². The van der Waals surface area contributed by atoms with Gasteiger partial charge in [0.15, 0.2) is 12.4 Å². The molecule has 1 N–H and O–H groups in total. The van der Waals surface area contributed by atoms with Crippen molar-refractivity contribution < 1.29 is 19.0 Å². The van der Waals surface area contributed by atoms with Gasteiger partial charge in [0.1, 0.15) is 5.75 Å². The van der Waals surface area contributed by atoms with E-state index in [1.54, 1.807) is 0 Å². The van der Waals surface area contributed by atoms with Gasteiger partial charge in [-0.3, -0.25) is 4.79 Å². The summed E-state index contributed by atoms with van der Waals surface area (Å²) in [5.74, 6) is 0.152. The zero-order valence-corrected chi connectivity index (χ0v) is 13.8. The van der Waals surface area contributed by atoms with Crippen LogP contribution in [-0.2, 0) is 14.3 Å². The Kier molecular flexibility index (Phi) is 4.66. The van der Waals surface area contributed by atoms with Gasteiger partial charge in [-0.1, -0.05) is 0 Å². The minimum atomic E-state index is -0.449. The van der Waals surface area contributed by atoms with E-state index < -0.39 is 5.79 Å². The Bertz CT molecular complexity index is 499. The number of amides is 1. The molecule has 1 spiro atoms. The highest BCUT2D eigenvalue weighted by molar-refractivity contribution is 14.1. The summed E-state index contributed by atoms with van der Waals surface area (Å²) in [6, 6.07) is 7.72. The summed E-state index contributed by atoms with van der Waals surface area (Å²) in [5.41, 5.74) is 0. The molecule has 1 aromatic rings. The summed E-state index contributed by atoms with van der Waals surface area (Å²) in [5, 5.41) is 2.99. The first-order valence-corrected chi connectivity index (χ1v) is 8.19. The van der Waals surface area contributed by atoms with E-state index in [1.807, 2.05) is 24.3 Å². The van der Waals surface area contributed by atoms with Crippen LogP contribution in [0.2, 0.25) is 0 Å². The molecule has 3 rings (SSSR count). The molecule has 2 fully saturated rings. The summed E-state index contributed by atoms with van der Waals surface area (Å²) in [4.78, 5) is 11.9. The van der Waals surface area contributed by atoms with Gasteiger partial charge < -0.3 is 19.5 Å². The summed E-state index contributed by atoms with van der Waals surface area (Å²) in [7, 11) is 0. The quantitative estimate of drug-likeness (QED) is 0.783. The van der Waals surface area contributed by atoms with E-state index in [-0.39, 0.29) is 18.6 Å². The number of carbonyl (C=O) groups excluding carboxylic acids is 1. The van der Waals surface area contributed by atoms with Crippen LogP contribution in [0.4, 0.5) is 0 Å². The minimum Gasteiger partial charge on any atom is -0.484 e. The molecular formula is C15H18INO4. The van der Waals surface area contributed by atoms with Gasteiger partial charge in [0.2, 0.25) is 0 Å². The zero-order chi connectivity index (χ0) is 14.7. The van der Waals surface area contributed by atoms with Gasteiger partial charge in [0.05, 0.1) is 13.2 Å². The van der Waals surface area contributed by atoms with Crippen LogP contribution < -0.4 is 10.1 Å². The van der Waals surface area contributed by atoms with Crippen molar-refractivity contribution in [2.45, 2.75) is 31.1 Å². The third-order valence-electron chi connectivity index (χ3n) is 3.79. The molecule has 2 aliphatic rings. The second kappa shape index (κ2) is 6.50. The molecule has 6 heteroatoms. The fourth-order valence-electron chi connectivity index (χ4n) is 2.81. The summed E-state index contributed by atoms with van der Waals surface area (Å²) < 4.78 is 17.9. The smallest absolute Gasteiger partial charge is 0.258 e. The molecule has 1 aliphatic carbocycles. The molecule has 0 radical (unpaired) electrons. The van der Waals surface area contributed by atoms with Gasteiger partial charge in [-0.05, 0) is 53.3 Å². The minimum absolute atomic E-state index is 0.0335. The molecule has 114 valence electrons. The first-order valence-electron chi connectivity index (χ1n) is 7.11. The lowest BCUT2D eigenvalue weighted by atomic mass is 10.2. The van der Waals surface area contributed by atoms with Crippen LogP contribution in [-0.4, -0.2) is 37.6 Å². The van der Waals surface area contributed by atoms with Crippen molar-refractivity contribution in [3.8, 4) is 5.75 Å². The second-order valence-electron chi connectivity index (χ2n) is 5.36. The zero-order valence-electron chi connectivity index (χ0n) is 11.6. The van der Waals surface area contributed by atoms with E-state index in [1.165, 1.54) is 0 Å². The predicted octanol–water partition coefficient (Wildman–Crippen LogP) is 2.08. The highest BCUT2D eigenvalue weighted by Gasteiger charge is 2.44.